The second-order valence-corrected chi connectivity index (χ2v) is 5.08. The first-order valence-corrected chi connectivity index (χ1v) is 7.26. The molecule has 3 rings (SSSR count). The predicted molar refractivity (Wildman–Crippen MR) is 75.4 cm³/mol. The lowest BCUT2D eigenvalue weighted by molar-refractivity contribution is -0.169. The van der Waals surface area contributed by atoms with E-state index in [0.717, 1.165) is 6.42 Å². The number of hydrogen-bond acceptors (Lipinski definition) is 9. The molecule has 0 saturated carbocycles. The van der Waals surface area contributed by atoms with Crippen molar-refractivity contribution in [2.45, 2.75) is 37.9 Å². The molecular weight excluding hydrogens is 308 g/mol. The van der Waals surface area contributed by atoms with E-state index in [1.54, 1.807) is 0 Å². The summed E-state index contributed by atoms with van der Waals surface area (Å²) >= 11 is 0. The number of rotatable bonds is 6. The molecule has 4 atom stereocenters. The molecule has 0 unspecified atom stereocenters. The Morgan fingerprint density at radius 1 is 1.26 bits per heavy atom. The molecule has 0 amide bonds. The van der Waals surface area contributed by atoms with E-state index in [1.165, 1.54) is 17.4 Å². The summed E-state index contributed by atoms with van der Waals surface area (Å²) in [5.74, 6) is 0.334. The molecule has 0 aromatic carbocycles. The Bertz CT molecular complexity index is 665. The van der Waals surface area contributed by atoms with Crippen LogP contribution >= 0.6 is 0 Å². The van der Waals surface area contributed by atoms with E-state index in [1.807, 2.05) is 6.92 Å². The molecule has 3 heterocycles. The zero-order valence-electron chi connectivity index (χ0n) is 12.4. The highest BCUT2D eigenvalue weighted by Gasteiger charge is 2.44. The van der Waals surface area contributed by atoms with Crippen LogP contribution in [0.15, 0.2) is 12.7 Å². The molecule has 1 fully saturated rings. The van der Waals surface area contributed by atoms with E-state index in [4.69, 9.17) is 19.4 Å². The summed E-state index contributed by atoms with van der Waals surface area (Å²) < 4.78 is 11.9. The molecule has 1 saturated heterocycles. The zero-order chi connectivity index (χ0) is 16.4. The number of aliphatic hydroxyl groups is 3. The highest BCUT2D eigenvalue weighted by Crippen LogP contribution is 2.23. The molecule has 10 nitrogen and oxygen atoms in total. The van der Waals surface area contributed by atoms with Crippen molar-refractivity contribution in [2.75, 3.05) is 13.2 Å². The molecule has 1 aliphatic heterocycles. The van der Waals surface area contributed by atoms with Crippen LogP contribution < -0.4 is 9.57 Å². The number of hydrogen-bond donors (Lipinski definition) is 3. The van der Waals surface area contributed by atoms with Gasteiger partial charge in [0.1, 0.15) is 31.0 Å². The summed E-state index contributed by atoms with van der Waals surface area (Å²) in [5, 5.41) is 28.7. The third kappa shape index (κ3) is 2.93. The lowest BCUT2D eigenvalue weighted by atomic mass is 10.1. The van der Waals surface area contributed by atoms with Gasteiger partial charge in [-0.1, -0.05) is 6.92 Å². The van der Waals surface area contributed by atoms with Crippen molar-refractivity contribution in [1.29, 1.82) is 0 Å². The van der Waals surface area contributed by atoms with Crippen molar-refractivity contribution >= 4 is 11.2 Å². The molecule has 0 spiro atoms. The average Bonchev–Trinajstić information content (AvgIpc) is 3.10. The Hall–Kier alpha value is -2.01. The summed E-state index contributed by atoms with van der Waals surface area (Å²) in [6.07, 6.45) is -1.14. The fourth-order valence-electron chi connectivity index (χ4n) is 2.24. The Morgan fingerprint density at radius 3 is 2.78 bits per heavy atom. The van der Waals surface area contributed by atoms with Crippen LogP contribution in [0.4, 0.5) is 0 Å². The number of nitrogens with zero attached hydrogens (tertiary/aromatic N) is 4. The van der Waals surface area contributed by atoms with Crippen LogP contribution in [-0.4, -0.2) is 72.8 Å². The maximum Gasteiger partial charge on any atom is 0.254 e. The van der Waals surface area contributed by atoms with Crippen LogP contribution in [0.5, 0.6) is 5.88 Å². The molecule has 3 N–H and O–H groups in total. The van der Waals surface area contributed by atoms with Gasteiger partial charge in [-0.2, -0.15) is 4.98 Å². The van der Waals surface area contributed by atoms with Crippen molar-refractivity contribution in [1.82, 2.24) is 19.7 Å². The third-order valence-electron chi connectivity index (χ3n) is 3.43. The third-order valence-corrected chi connectivity index (χ3v) is 3.43. The largest absolute Gasteiger partial charge is 0.476 e. The van der Waals surface area contributed by atoms with Crippen LogP contribution in [0, 0.1) is 0 Å². The SMILES string of the molecule is CCCOc1ncnc2c1ncn2O[C@H]1O[C@H](CO)[C@@H](O)[C@@H]1O. The van der Waals surface area contributed by atoms with E-state index in [0.29, 0.717) is 23.7 Å². The van der Waals surface area contributed by atoms with E-state index in [2.05, 4.69) is 15.0 Å². The van der Waals surface area contributed by atoms with E-state index in [9.17, 15) is 10.2 Å². The monoisotopic (exact) mass is 326 g/mol. The second kappa shape index (κ2) is 6.62. The van der Waals surface area contributed by atoms with Gasteiger partial charge < -0.3 is 29.6 Å². The maximum absolute atomic E-state index is 9.90. The van der Waals surface area contributed by atoms with Crippen LogP contribution in [0.25, 0.3) is 11.2 Å². The van der Waals surface area contributed by atoms with Gasteiger partial charge in [0.05, 0.1) is 13.2 Å². The minimum atomic E-state index is -1.30. The smallest absolute Gasteiger partial charge is 0.254 e. The average molecular weight is 326 g/mol. The van der Waals surface area contributed by atoms with Crippen LogP contribution in [0.3, 0.4) is 0 Å². The number of ether oxygens (including phenoxy) is 2. The highest BCUT2D eigenvalue weighted by atomic mass is 16.8. The van der Waals surface area contributed by atoms with Crippen LogP contribution in [0.2, 0.25) is 0 Å². The normalized spacial score (nSPS) is 27.5. The summed E-state index contributed by atoms with van der Waals surface area (Å²) in [4.78, 5) is 17.7. The van der Waals surface area contributed by atoms with Crippen molar-refractivity contribution in [3.63, 3.8) is 0 Å². The molecule has 0 bridgehead atoms. The molecule has 2 aromatic heterocycles. The van der Waals surface area contributed by atoms with Gasteiger partial charge in [0, 0.05) is 0 Å². The van der Waals surface area contributed by atoms with E-state index < -0.39 is 31.2 Å². The van der Waals surface area contributed by atoms with Gasteiger partial charge in [-0.25, -0.2) is 9.97 Å². The van der Waals surface area contributed by atoms with Gasteiger partial charge in [-0.15, -0.1) is 4.73 Å². The topological polar surface area (TPSA) is 132 Å². The molecule has 126 valence electrons. The maximum atomic E-state index is 9.90. The van der Waals surface area contributed by atoms with Gasteiger partial charge in [0.2, 0.25) is 11.5 Å². The van der Waals surface area contributed by atoms with Gasteiger partial charge >= 0.3 is 0 Å². The Kier molecular flexibility index (Phi) is 4.57. The molecule has 0 radical (unpaired) electrons. The van der Waals surface area contributed by atoms with Crippen molar-refractivity contribution in [3.05, 3.63) is 12.7 Å². The molecule has 2 aromatic rings. The van der Waals surface area contributed by atoms with Gasteiger partial charge in [0.15, 0.2) is 5.52 Å². The molecule has 23 heavy (non-hydrogen) atoms. The molecule has 10 heteroatoms. The Balaban J connectivity index is 1.81. The Morgan fingerprint density at radius 2 is 2.09 bits per heavy atom. The van der Waals surface area contributed by atoms with Gasteiger partial charge in [0.25, 0.3) is 6.29 Å². The van der Waals surface area contributed by atoms with Crippen molar-refractivity contribution in [2.24, 2.45) is 0 Å². The summed E-state index contributed by atoms with van der Waals surface area (Å²) in [5.41, 5.74) is 0.747. The number of aliphatic hydroxyl groups excluding tert-OH is 3. The summed E-state index contributed by atoms with van der Waals surface area (Å²) in [7, 11) is 0. The van der Waals surface area contributed by atoms with Crippen molar-refractivity contribution < 1.29 is 29.6 Å². The highest BCUT2D eigenvalue weighted by molar-refractivity contribution is 5.75. The first kappa shape index (κ1) is 15.9. The fourth-order valence-corrected chi connectivity index (χ4v) is 2.24. The van der Waals surface area contributed by atoms with Gasteiger partial charge in [-0.05, 0) is 6.42 Å². The summed E-state index contributed by atoms with van der Waals surface area (Å²) in [6, 6.07) is 0. The lowest BCUT2D eigenvalue weighted by Gasteiger charge is -2.16. The lowest BCUT2D eigenvalue weighted by Crippen LogP contribution is -2.38. The zero-order valence-corrected chi connectivity index (χ0v) is 12.4. The van der Waals surface area contributed by atoms with E-state index >= 15 is 0 Å². The molecule has 1 aliphatic rings. The first-order chi connectivity index (χ1) is 11.2. The molecular formula is C13H18N4O6. The van der Waals surface area contributed by atoms with Gasteiger partial charge in [-0.3, -0.25) is 0 Å². The van der Waals surface area contributed by atoms with Crippen LogP contribution in [-0.2, 0) is 4.74 Å². The second-order valence-electron chi connectivity index (χ2n) is 5.08. The fraction of sp³-hybridized carbons (Fsp3) is 0.615. The first-order valence-electron chi connectivity index (χ1n) is 7.26. The minimum absolute atomic E-state index is 0.334. The van der Waals surface area contributed by atoms with Crippen molar-refractivity contribution in [3.8, 4) is 5.88 Å². The Labute approximate surface area is 131 Å². The predicted octanol–water partition coefficient (Wildman–Crippen LogP) is -1.52. The number of imidazole rings is 1. The number of aromatic nitrogens is 4. The van der Waals surface area contributed by atoms with Crippen LogP contribution in [0.1, 0.15) is 13.3 Å². The standard InChI is InChI=1S/C13H18N4O6/c1-2-3-21-12-8-11(14-5-15-12)17(6-16-8)23-13-10(20)9(19)7(4-18)22-13/h5-7,9-10,13,18-20H,2-4H2,1H3/t7-,9-,10+,13-/m1/s1. The quantitative estimate of drug-likeness (QED) is 0.579. The number of fused-ring (bicyclic) bond motifs is 1. The van der Waals surface area contributed by atoms with E-state index in [-0.39, 0.29) is 0 Å². The molecule has 0 aliphatic carbocycles. The summed E-state index contributed by atoms with van der Waals surface area (Å²) in [6.45, 7) is 2.04. The minimum Gasteiger partial charge on any atom is -0.476 e.